The number of aryl methyl sites for hydroxylation is 1. The van der Waals surface area contributed by atoms with Gasteiger partial charge >= 0.3 is 0 Å². The number of piperazine rings is 1. The fourth-order valence-electron chi connectivity index (χ4n) is 4.48. The number of nitrogens with zero attached hydrogens (tertiary/aromatic N) is 7. The highest BCUT2D eigenvalue weighted by Crippen LogP contribution is 2.32. The van der Waals surface area contributed by atoms with Gasteiger partial charge in [-0.1, -0.05) is 44.5 Å². The van der Waals surface area contributed by atoms with Crippen LogP contribution in [0.25, 0.3) is 28.0 Å². The predicted molar refractivity (Wildman–Crippen MR) is 138 cm³/mol. The third kappa shape index (κ3) is 4.89. The lowest BCUT2D eigenvalue weighted by Crippen LogP contribution is -2.49. The molecule has 1 aliphatic heterocycles. The van der Waals surface area contributed by atoms with E-state index in [0.717, 1.165) is 59.9 Å². The first-order valence-electron chi connectivity index (χ1n) is 11.8. The molecule has 1 amide bonds. The van der Waals surface area contributed by atoms with Crippen molar-refractivity contribution in [3.8, 4) is 22.5 Å². The van der Waals surface area contributed by atoms with Gasteiger partial charge < -0.3 is 9.80 Å². The Kier molecular flexibility index (Phi) is 6.01. The van der Waals surface area contributed by atoms with E-state index in [-0.39, 0.29) is 11.3 Å². The second-order valence-corrected chi connectivity index (χ2v) is 10.7. The molecule has 0 aliphatic carbocycles. The molecule has 1 saturated heterocycles. The average molecular weight is 492 g/mol. The fraction of sp³-hybridized carbons (Fsp3) is 0.385. The van der Waals surface area contributed by atoms with Gasteiger partial charge in [0.2, 0.25) is 5.91 Å². The summed E-state index contributed by atoms with van der Waals surface area (Å²) in [6, 6.07) is 8.37. The van der Waals surface area contributed by atoms with Crippen LogP contribution in [0.15, 0.2) is 49.1 Å². The van der Waals surface area contributed by atoms with Crippen LogP contribution in [-0.4, -0.2) is 61.4 Å². The first-order chi connectivity index (χ1) is 16.7. The third-order valence-corrected chi connectivity index (χ3v) is 6.55. The van der Waals surface area contributed by atoms with E-state index < -0.39 is 0 Å². The maximum absolute atomic E-state index is 12.6. The van der Waals surface area contributed by atoms with Crippen LogP contribution in [0, 0.1) is 5.41 Å². The summed E-state index contributed by atoms with van der Waals surface area (Å²) in [4.78, 5) is 21.8. The summed E-state index contributed by atoms with van der Waals surface area (Å²) in [5.41, 5.74) is 5.35. The predicted octanol–water partition coefficient (Wildman–Crippen LogP) is 4.54. The van der Waals surface area contributed by atoms with Gasteiger partial charge in [0.05, 0.1) is 35.0 Å². The quantitative estimate of drug-likeness (QED) is 0.419. The first-order valence-corrected chi connectivity index (χ1v) is 12.2. The Bertz CT molecular complexity index is 1360. The Morgan fingerprint density at radius 1 is 0.971 bits per heavy atom. The van der Waals surface area contributed by atoms with Gasteiger partial charge in [-0.25, -0.2) is 9.50 Å². The van der Waals surface area contributed by atoms with Gasteiger partial charge in [0, 0.05) is 62.7 Å². The highest BCUT2D eigenvalue weighted by molar-refractivity contribution is 6.34. The van der Waals surface area contributed by atoms with Crippen LogP contribution >= 0.6 is 11.6 Å². The summed E-state index contributed by atoms with van der Waals surface area (Å²) in [6.07, 6.45) is 7.81. The second kappa shape index (κ2) is 9.00. The second-order valence-electron chi connectivity index (χ2n) is 10.3. The van der Waals surface area contributed by atoms with Crippen LogP contribution in [0.1, 0.15) is 27.2 Å². The molecule has 0 saturated carbocycles. The Labute approximate surface area is 210 Å². The van der Waals surface area contributed by atoms with Gasteiger partial charge in [-0.2, -0.15) is 10.2 Å². The van der Waals surface area contributed by atoms with Gasteiger partial charge in [0.1, 0.15) is 5.52 Å². The van der Waals surface area contributed by atoms with E-state index in [1.807, 2.05) is 24.3 Å². The number of fused-ring (bicyclic) bond motifs is 1. The average Bonchev–Trinajstić information content (AvgIpc) is 3.43. The van der Waals surface area contributed by atoms with Crippen molar-refractivity contribution in [2.45, 2.75) is 27.2 Å². The topological polar surface area (TPSA) is 71.6 Å². The fourth-order valence-corrected chi connectivity index (χ4v) is 4.70. The van der Waals surface area contributed by atoms with Crippen molar-refractivity contribution in [2.75, 3.05) is 31.1 Å². The summed E-state index contributed by atoms with van der Waals surface area (Å²) in [6.45, 7) is 9.46. The molecule has 35 heavy (non-hydrogen) atoms. The van der Waals surface area contributed by atoms with Crippen molar-refractivity contribution >= 4 is 28.7 Å². The molecular weight excluding hydrogens is 462 g/mol. The van der Waals surface area contributed by atoms with Crippen molar-refractivity contribution in [3.63, 3.8) is 0 Å². The van der Waals surface area contributed by atoms with Crippen LogP contribution in [0.3, 0.4) is 0 Å². The van der Waals surface area contributed by atoms with E-state index in [0.29, 0.717) is 11.4 Å². The Morgan fingerprint density at radius 3 is 2.31 bits per heavy atom. The van der Waals surface area contributed by atoms with E-state index in [1.54, 1.807) is 21.6 Å². The smallest absolute Gasteiger partial charge is 0.223 e. The maximum Gasteiger partial charge on any atom is 0.223 e. The monoisotopic (exact) mass is 491 g/mol. The lowest BCUT2D eigenvalue weighted by Gasteiger charge is -2.37. The minimum atomic E-state index is 0.0102. The summed E-state index contributed by atoms with van der Waals surface area (Å²) >= 11 is 6.48. The SMILES string of the molecule is Cn1cc(-c2cn3ncc(Cl)c3c(-c3ccc(N4CCN(C(=O)CC(C)(C)C)CC4)cc3)n2)cn1. The van der Waals surface area contributed by atoms with Crippen LogP contribution in [0.5, 0.6) is 0 Å². The van der Waals surface area contributed by atoms with Crippen LogP contribution in [0.2, 0.25) is 5.02 Å². The molecule has 0 atom stereocenters. The molecule has 0 bridgehead atoms. The molecule has 0 radical (unpaired) electrons. The number of carbonyl (C=O) groups excluding carboxylic acids is 1. The lowest BCUT2D eigenvalue weighted by molar-refractivity contribution is -0.133. The zero-order valence-electron chi connectivity index (χ0n) is 20.6. The van der Waals surface area contributed by atoms with Crippen molar-refractivity contribution in [3.05, 3.63) is 54.1 Å². The summed E-state index contributed by atoms with van der Waals surface area (Å²) in [7, 11) is 1.88. The molecule has 0 unspecified atom stereocenters. The Hall–Kier alpha value is -3.39. The first kappa shape index (κ1) is 23.4. The number of amides is 1. The van der Waals surface area contributed by atoms with Gasteiger partial charge in [-0.05, 0) is 17.5 Å². The maximum atomic E-state index is 12.6. The van der Waals surface area contributed by atoms with E-state index in [2.05, 4.69) is 60.1 Å². The van der Waals surface area contributed by atoms with Crippen molar-refractivity contribution < 1.29 is 4.79 Å². The van der Waals surface area contributed by atoms with E-state index in [4.69, 9.17) is 16.6 Å². The van der Waals surface area contributed by atoms with E-state index in [9.17, 15) is 4.79 Å². The van der Waals surface area contributed by atoms with Crippen LogP contribution in [-0.2, 0) is 11.8 Å². The summed E-state index contributed by atoms with van der Waals surface area (Å²) in [5, 5.41) is 9.24. The molecule has 3 aromatic heterocycles. The van der Waals surface area contributed by atoms with Crippen molar-refractivity contribution in [2.24, 2.45) is 12.5 Å². The van der Waals surface area contributed by atoms with Crippen molar-refractivity contribution in [1.82, 2.24) is 29.3 Å². The molecule has 8 nitrogen and oxygen atoms in total. The highest BCUT2D eigenvalue weighted by Gasteiger charge is 2.25. The molecule has 9 heteroatoms. The van der Waals surface area contributed by atoms with Gasteiger partial charge in [-0.3, -0.25) is 9.48 Å². The number of hydrogen-bond donors (Lipinski definition) is 0. The minimum Gasteiger partial charge on any atom is -0.368 e. The molecule has 182 valence electrons. The van der Waals surface area contributed by atoms with Crippen molar-refractivity contribution in [1.29, 1.82) is 0 Å². The number of rotatable bonds is 4. The van der Waals surface area contributed by atoms with Crippen LogP contribution in [0.4, 0.5) is 5.69 Å². The standard InChI is InChI=1S/C26H30ClN7O/c1-26(2,3)13-23(35)33-11-9-32(10-12-33)20-7-5-18(6-8-20)24-25-21(27)15-29-34(25)17-22(30-24)19-14-28-31(4)16-19/h5-8,14-17H,9-13H2,1-4H3. The summed E-state index contributed by atoms with van der Waals surface area (Å²) in [5.74, 6) is 0.244. The lowest BCUT2D eigenvalue weighted by atomic mass is 9.91. The zero-order valence-corrected chi connectivity index (χ0v) is 21.3. The number of benzene rings is 1. The molecule has 4 aromatic rings. The zero-order chi connectivity index (χ0) is 24.7. The molecule has 1 aromatic carbocycles. The van der Waals surface area contributed by atoms with Gasteiger partial charge in [-0.15, -0.1) is 0 Å². The molecular formula is C26H30ClN7O. The largest absolute Gasteiger partial charge is 0.368 e. The minimum absolute atomic E-state index is 0.0102. The van der Waals surface area contributed by atoms with Gasteiger partial charge in [0.15, 0.2) is 0 Å². The van der Waals surface area contributed by atoms with E-state index >= 15 is 0 Å². The van der Waals surface area contributed by atoms with E-state index in [1.165, 1.54) is 0 Å². The molecule has 1 aliphatic rings. The third-order valence-electron chi connectivity index (χ3n) is 6.27. The molecule has 4 heterocycles. The normalized spacial score (nSPS) is 14.7. The molecule has 5 rings (SSSR count). The molecule has 0 spiro atoms. The van der Waals surface area contributed by atoms with Gasteiger partial charge in [0.25, 0.3) is 0 Å². The Balaban J connectivity index is 1.37. The number of aromatic nitrogens is 5. The molecule has 1 fully saturated rings. The number of carbonyl (C=O) groups is 1. The number of hydrogen-bond acceptors (Lipinski definition) is 5. The highest BCUT2D eigenvalue weighted by atomic mass is 35.5. The molecule has 0 N–H and O–H groups in total. The number of anilines is 1. The van der Waals surface area contributed by atoms with Crippen LogP contribution < -0.4 is 4.90 Å². The Morgan fingerprint density at radius 2 is 1.69 bits per heavy atom. The number of halogens is 1. The summed E-state index contributed by atoms with van der Waals surface area (Å²) < 4.78 is 3.52.